The van der Waals surface area contributed by atoms with Crippen molar-refractivity contribution in [2.75, 3.05) is 19.6 Å². The fraction of sp³-hybridized carbons (Fsp3) is 0.231. The molecule has 0 aliphatic carbocycles. The Kier molecular flexibility index (Phi) is 37.0. The summed E-state index contributed by atoms with van der Waals surface area (Å²) in [4.78, 5) is 4.72. The Morgan fingerprint density at radius 1 is 0.703 bits per heavy atom. The predicted octanol–water partition coefficient (Wildman–Crippen LogP) is 3.66. The number of likely N-dealkylation sites (tertiary alicyclic amines) is 1. The SMILES string of the molecule is OC1([CH][CH]CN2CCCC2)c2ccccc2Sc2ccccc21.[C-]#[O+].[C-]#[O+].[C-]#[O+].[C-]#[O+].[C-]#[O+].[C-]#[O+].[Co].[Co]. The van der Waals surface area contributed by atoms with Crippen molar-refractivity contribution < 1.29 is 66.6 Å². The van der Waals surface area contributed by atoms with E-state index in [-0.39, 0.29) is 33.6 Å². The van der Waals surface area contributed by atoms with E-state index in [4.69, 9.17) is 27.9 Å². The van der Waals surface area contributed by atoms with Crippen LogP contribution in [0.25, 0.3) is 0 Å². The van der Waals surface area contributed by atoms with E-state index in [0.717, 1.165) is 27.5 Å². The molecule has 2 aliphatic rings. The van der Waals surface area contributed by atoms with Crippen LogP contribution in [0.2, 0.25) is 0 Å². The van der Waals surface area contributed by atoms with E-state index < -0.39 is 5.60 Å². The summed E-state index contributed by atoms with van der Waals surface area (Å²) in [6.45, 7) is 30.3. The van der Waals surface area contributed by atoms with E-state index in [1.807, 2.05) is 42.8 Å². The number of hydrogen-bond acceptors (Lipinski definition) is 3. The van der Waals surface area contributed by atoms with Crippen molar-refractivity contribution in [1.82, 2.24) is 4.90 Å². The Labute approximate surface area is 242 Å². The number of rotatable bonds is 4. The van der Waals surface area contributed by atoms with Crippen LogP contribution in [0, 0.1) is 52.7 Å². The quantitative estimate of drug-likeness (QED) is 0.418. The van der Waals surface area contributed by atoms with Gasteiger partial charge in [0.1, 0.15) is 5.60 Å². The summed E-state index contributed by atoms with van der Waals surface area (Å²) in [5, 5.41) is 11.5. The number of hydrogen-bond donors (Lipinski definition) is 1. The van der Waals surface area contributed by atoms with Crippen LogP contribution >= 0.6 is 11.8 Å². The second kappa shape index (κ2) is 30.4. The molecule has 1 saturated heterocycles. The largest absolute Gasteiger partial charge is 0 e. The molecule has 2 aliphatic heterocycles. The first kappa shape index (κ1) is 45.1. The number of fused-ring (bicyclic) bond motifs is 2. The molecule has 2 aromatic carbocycles. The van der Waals surface area contributed by atoms with Crippen molar-refractivity contribution in [2.45, 2.75) is 28.2 Å². The molecule has 0 spiro atoms. The van der Waals surface area contributed by atoms with Gasteiger partial charge in [0, 0.05) is 67.4 Å². The van der Waals surface area contributed by atoms with Crippen LogP contribution < -0.4 is 0 Å². The van der Waals surface area contributed by atoms with Gasteiger partial charge < -0.3 is 10.0 Å². The van der Waals surface area contributed by atoms with E-state index in [0.29, 0.717) is 0 Å². The van der Waals surface area contributed by atoms with Crippen molar-refractivity contribution >= 4 is 11.8 Å². The minimum absolute atomic E-state index is 0. The first-order valence-electron chi connectivity index (χ1n) is 9.49. The van der Waals surface area contributed by atoms with Gasteiger partial charge in [0.05, 0.1) is 0 Å². The Balaban J connectivity index is -0.000000216. The fourth-order valence-corrected chi connectivity index (χ4v) is 4.72. The molecule has 2 aromatic rings. The van der Waals surface area contributed by atoms with Crippen LogP contribution in [-0.4, -0.2) is 29.6 Å². The second-order valence-electron chi connectivity index (χ2n) is 6.27. The molecule has 11 heteroatoms. The Morgan fingerprint density at radius 2 is 1.05 bits per heavy atom. The van der Waals surface area contributed by atoms with Crippen molar-refractivity contribution in [3.05, 3.63) is 112 Å². The third kappa shape index (κ3) is 14.0. The minimum Gasteiger partial charge on any atom is 0 e. The number of nitrogens with zero attached hydrogens (tertiary/aromatic N) is 1. The molecule has 196 valence electrons. The van der Waals surface area contributed by atoms with Gasteiger partial charge in [0.25, 0.3) is 0 Å². The Bertz CT molecular complexity index is 876. The van der Waals surface area contributed by atoms with Gasteiger partial charge in [-0.1, -0.05) is 48.2 Å². The van der Waals surface area contributed by atoms with Gasteiger partial charge in [-0.2, -0.15) is 0 Å². The van der Waals surface area contributed by atoms with Gasteiger partial charge in [-0.3, -0.25) is 0 Å². The smallest absolute Gasteiger partial charge is 0 e. The molecule has 0 aromatic heterocycles. The van der Waals surface area contributed by atoms with Crippen molar-refractivity contribution in [2.24, 2.45) is 0 Å². The monoisotopic (exact) mass is 609 g/mol. The molecule has 4 radical (unpaired) electrons. The Hall–Kier alpha value is -1.84. The molecule has 0 amide bonds. The molecule has 8 nitrogen and oxygen atoms in total. The van der Waals surface area contributed by atoms with Gasteiger partial charge >= 0.3 is 67.8 Å². The van der Waals surface area contributed by atoms with Crippen LogP contribution in [0.15, 0.2) is 58.3 Å². The van der Waals surface area contributed by atoms with Gasteiger partial charge in [0.2, 0.25) is 0 Å². The fourth-order valence-electron chi connectivity index (χ4n) is 3.52. The maximum Gasteiger partial charge on any atom is 0 e. The molecule has 0 unspecified atom stereocenters. The second-order valence-corrected chi connectivity index (χ2v) is 7.35. The molecule has 1 fully saturated rings. The normalized spacial score (nSPS) is 12.4. The van der Waals surface area contributed by atoms with E-state index in [1.54, 1.807) is 11.8 Å². The van der Waals surface area contributed by atoms with Gasteiger partial charge in [0.15, 0.2) is 0 Å². The average Bonchev–Trinajstić information content (AvgIpc) is 3.49. The van der Waals surface area contributed by atoms with Gasteiger partial charge in [-0.05, 0) is 44.5 Å². The summed E-state index contributed by atoms with van der Waals surface area (Å²) in [5.74, 6) is 0. The van der Waals surface area contributed by atoms with Crippen LogP contribution in [0.1, 0.15) is 24.0 Å². The molecular weight excluding hydrogens is 588 g/mol. The first-order valence-corrected chi connectivity index (χ1v) is 10.3. The zero-order chi connectivity index (χ0) is 27.7. The third-order valence-electron chi connectivity index (χ3n) is 4.74. The van der Waals surface area contributed by atoms with Crippen LogP contribution in [0.4, 0.5) is 0 Å². The maximum absolute atomic E-state index is 11.5. The van der Waals surface area contributed by atoms with Crippen LogP contribution in [0.3, 0.4) is 0 Å². The molecule has 1 N–H and O–H groups in total. The molecule has 0 bridgehead atoms. The standard InChI is InChI=1S/C20H21NOS.6CO.2Co/c22-20(12-7-15-21-13-5-6-14-21)16-8-1-3-10-18(16)23-19-11-4-2-9-17(19)20;6*1-2;;/h1-4,7-12,22H,5-6,13-15H2;;;;;;;;. The summed E-state index contributed by atoms with van der Waals surface area (Å²) >= 11 is 1.74. The zero-order valence-electron chi connectivity index (χ0n) is 19.2. The summed E-state index contributed by atoms with van der Waals surface area (Å²) in [5.41, 5.74) is 0.945. The van der Waals surface area contributed by atoms with Crippen molar-refractivity contribution in [1.29, 1.82) is 0 Å². The van der Waals surface area contributed by atoms with Crippen LogP contribution in [-0.2, 0) is 67.1 Å². The zero-order valence-corrected chi connectivity index (χ0v) is 22.1. The topological polar surface area (TPSA) is 143 Å². The maximum atomic E-state index is 11.5. The molecular formula is C26H21Co2NO7S. The minimum atomic E-state index is -1.03. The Morgan fingerprint density at radius 3 is 1.43 bits per heavy atom. The van der Waals surface area contributed by atoms with Crippen molar-refractivity contribution in [3.63, 3.8) is 0 Å². The summed E-state index contributed by atoms with van der Waals surface area (Å²) < 4.78 is 45.0. The van der Waals surface area contributed by atoms with E-state index in [2.05, 4.69) is 63.4 Å². The third-order valence-corrected chi connectivity index (χ3v) is 5.89. The summed E-state index contributed by atoms with van der Waals surface area (Å²) in [6, 6.07) is 16.4. The summed E-state index contributed by atoms with van der Waals surface area (Å²) in [6.07, 6.45) is 6.71. The van der Waals surface area contributed by atoms with E-state index in [9.17, 15) is 5.11 Å². The summed E-state index contributed by atoms with van der Waals surface area (Å²) in [7, 11) is 0. The number of benzene rings is 2. The van der Waals surface area contributed by atoms with Gasteiger partial charge in [-0.25, -0.2) is 0 Å². The number of aliphatic hydroxyl groups is 1. The van der Waals surface area contributed by atoms with Crippen LogP contribution in [0.5, 0.6) is 0 Å². The first-order chi connectivity index (χ1) is 17.3. The molecule has 4 rings (SSSR count). The molecule has 0 atom stereocenters. The van der Waals surface area contributed by atoms with Gasteiger partial charge in [-0.15, -0.1) is 0 Å². The molecule has 37 heavy (non-hydrogen) atoms. The molecule has 0 saturated carbocycles. The van der Waals surface area contributed by atoms with E-state index >= 15 is 0 Å². The van der Waals surface area contributed by atoms with Crippen molar-refractivity contribution in [3.8, 4) is 0 Å². The molecule has 2 heterocycles. The average molecular weight is 609 g/mol. The predicted molar refractivity (Wildman–Crippen MR) is 118 cm³/mol. The van der Waals surface area contributed by atoms with E-state index in [1.165, 1.54) is 25.9 Å².